The molecule has 1 aliphatic rings. The van der Waals surface area contributed by atoms with Crippen molar-refractivity contribution in [2.45, 2.75) is 26.2 Å². The number of hydrogen-bond donors (Lipinski definition) is 2. The van der Waals surface area contributed by atoms with Gasteiger partial charge in [0.25, 0.3) is 10.2 Å². The van der Waals surface area contributed by atoms with E-state index < -0.39 is 10.2 Å². The van der Waals surface area contributed by atoms with E-state index in [0.29, 0.717) is 38.6 Å². The minimum atomic E-state index is -3.30. The van der Waals surface area contributed by atoms with Crippen molar-refractivity contribution < 1.29 is 13.2 Å². The van der Waals surface area contributed by atoms with Crippen LogP contribution in [0.15, 0.2) is 0 Å². The number of nitrogens with zero attached hydrogens (tertiary/aromatic N) is 1. The molecule has 0 amide bonds. The summed E-state index contributed by atoms with van der Waals surface area (Å²) in [6.45, 7) is 6.31. The highest BCUT2D eigenvalue weighted by molar-refractivity contribution is 7.87. The molecule has 2 N–H and O–H groups in total. The molecule has 0 aromatic rings. The molecule has 6 nitrogen and oxygen atoms in total. The number of piperidine rings is 1. The minimum Gasteiger partial charge on any atom is -0.385 e. The first kappa shape index (κ1) is 16.8. The molecule has 1 aliphatic heterocycles. The number of nitrogens with one attached hydrogen (secondary N) is 2. The maximum Gasteiger partial charge on any atom is 0.279 e. The fourth-order valence-corrected chi connectivity index (χ4v) is 3.49. The zero-order valence-corrected chi connectivity index (χ0v) is 12.8. The Kier molecular flexibility index (Phi) is 7.86. The topological polar surface area (TPSA) is 70.7 Å². The molecular formula is C12H27N3O3S. The van der Waals surface area contributed by atoms with Gasteiger partial charge < -0.3 is 10.1 Å². The van der Waals surface area contributed by atoms with Gasteiger partial charge in [0.1, 0.15) is 0 Å². The number of hydrogen-bond acceptors (Lipinski definition) is 4. The molecule has 0 unspecified atom stereocenters. The van der Waals surface area contributed by atoms with Crippen molar-refractivity contribution in [2.24, 2.45) is 5.92 Å². The summed E-state index contributed by atoms with van der Waals surface area (Å²) in [4.78, 5) is 0. The van der Waals surface area contributed by atoms with Gasteiger partial charge in [-0.05, 0) is 38.3 Å². The molecule has 0 saturated carbocycles. The summed E-state index contributed by atoms with van der Waals surface area (Å²) in [5.74, 6) is 0.597. The monoisotopic (exact) mass is 293 g/mol. The van der Waals surface area contributed by atoms with Gasteiger partial charge in [-0.25, -0.2) is 4.72 Å². The first-order chi connectivity index (χ1) is 9.10. The summed E-state index contributed by atoms with van der Waals surface area (Å²) >= 11 is 0. The molecule has 0 aliphatic carbocycles. The molecule has 0 radical (unpaired) electrons. The Morgan fingerprint density at radius 2 is 2.00 bits per heavy atom. The Morgan fingerprint density at radius 1 is 1.32 bits per heavy atom. The molecule has 0 aromatic carbocycles. The van der Waals surface area contributed by atoms with Gasteiger partial charge in [0.15, 0.2) is 0 Å². The Bertz CT molecular complexity index is 327. The second-order valence-corrected chi connectivity index (χ2v) is 6.65. The van der Waals surface area contributed by atoms with Crippen LogP contribution in [0.1, 0.15) is 26.2 Å². The highest BCUT2D eigenvalue weighted by atomic mass is 32.2. The molecular weight excluding hydrogens is 266 g/mol. The molecule has 1 fully saturated rings. The molecule has 0 aromatic heterocycles. The van der Waals surface area contributed by atoms with Gasteiger partial charge in [-0.1, -0.05) is 6.92 Å². The first-order valence-corrected chi connectivity index (χ1v) is 8.48. The average Bonchev–Trinajstić information content (AvgIpc) is 2.42. The summed E-state index contributed by atoms with van der Waals surface area (Å²) in [6.07, 6.45) is 2.57. The largest absolute Gasteiger partial charge is 0.385 e. The van der Waals surface area contributed by atoms with Gasteiger partial charge in [-0.3, -0.25) is 0 Å². The summed E-state index contributed by atoms with van der Waals surface area (Å²) in [5.41, 5.74) is 0. The van der Waals surface area contributed by atoms with E-state index >= 15 is 0 Å². The third kappa shape index (κ3) is 6.18. The molecule has 0 bridgehead atoms. The van der Waals surface area contributed by atoms with Crippen LogP contribution in [0.2, 0.25) is 0 Å². The van der Waals surface area contributed by atoms with E-state index in [2.05, 4.69) is 17.0 Å². The predicted octanol–water partition coefficient (Wildman–Crippen LogP) is 0.179. The van der Waals surface area contributed by atoms with Crippen molar-refractivity contribution in [3.63, 3.8) is 0 Å². The van der Waals surface area contributed by atoms with E-state index in [1.54, 1.807) is 11.4 Å². The smallest absolute Gasteiger partial charge is 0.279 e. The summed E-state index contributed by atoms with van der Waals surface area (Å²) in [5, 5.41) is 3.32. The van der Waals surface area contributed by atoms with Crippen LogP contribution in [0, 0.1) is 5.92 Å². The molecule has 0 atom stereocenters. The number of ether oxygens (including phenoxy) is 1. The average molecular weight is 293 g/mol. The van der Waals surface area contributed by atoms with Crippen LogP contribution in [0.3, 0.4) is 0 Å². The second-order valence-electron chi connectivity index (χ2n) is 4.90. The fraction of sp³-hybridized carbons (Fsp3) is 1.00. The second kappa shape index (κ2) is 8.86. The van der Waals surface area contributed by atoms with Crippen molar-refractivity contribution in [1.29, 1.82) is 0 Å². The Morgan fingerprint density at radius 3 is 2.58 bits per heavy atom. The minimum absolute atomic E-state index is 0.438. The number of methoxy groups -OCH3 is 1. The third-order valence-corrected chi connectivity index (χ3v) is 5.02. The standard InChI is InChI=1S/C12H27N3O3S/c1-3-13-11-12-5-8-15(9-6-12)19(16,17)14-7-4-10-18-2/h12-14H,3-11H2,1-2H3. The Balaban J connectivity index is 2.28. The SMILES string of the molecule is CCNCC1CCN(S(=O)(=O)NCCCOC)CC1. The van der Waals surface area contributed by atoms with E-state index in [9.17, 15) is 8.42 Å². The van der Waals surface area contributed by atoms with Crippen LogP contribution >= 0.6 is 0 Å². The van der Waals surface area contributed by atoms with Crippen LogP contribution in [0.5, 0.6) is 0 Å². The zero-order valence-electron chi connectivity index (χ0n) is 12.0. The van der Waals surface area contributed by atoms with E-state index in [1.807, 2.05) is 0 Å². The molecule has 1 saturated heterocycles. The summed E-state index contributed by atoms with van der Waals surface area (Å²) in [7, 11) is -1.69. The zero-order chi connectivity index (χ0) is 14.1. The quantitative estimate of drug-likeness (QED) is 0.595. The normalized spacial score (nSPS) is 18.8. The molecule has 114 valence electrons. The van der Waals surface area contributed by atoms with Gasteiger partial charge >= 0.3 is 0 Å². The van der Waals surface area contributed by atoms with E-state index in [-0.39, 0.29) is 0 Å². The lowest BCUT2D eigenvalue weighted by Crippen LogP contribution is -2.46. The van der Waals surface area contributed by atoms with E-state index in [0.717, 1.165) is 25.9 Å². The lowest BCUT2D eigenvalue weighted by atomic mass is 9.98. The first-order valence-electron chi connectivity index (χ1n) is 7.04. The molecule has 19 heavy (non-hydrogen) atoms. The van der Waals surface area contributed by atoms with Crippen molar-refractivity contribution in [2.75, 3.05) is 46.4 Å². The van der Waals surface area contributed by atoms with Crippen molar-refractivity contribution in [3.05, 3.63) is 0 Å². The van der Waals surface area contributed by atoms with Crippen LogP contribution < -0.4 is 10.0 Å². The fourth-order valence-electron chi connectivity index (χ4n) is 2.21. The van der Waals surface area contributed by atoms with Crippen molar-refractivity contribution >= 4 is 10.2 Å². The maximum atomic E-state index is 12.0. The van der Waals surface area contributed by atoms with Gasteiger partial charge in [0.05, 0.1) is 0 Å². The highest BCUT2D eigenvalue weighted by Crippen LogP contribution is 2.18. The van der Waals surface area contributed by atoms with Gasteiger partial charge in [-0.15, -0.1) is 0 Å². The molecule has 1 heterocycles. The van der Waals surface area contributed by atoms with Crippen LogP contribution in [-0.4, -0.2) is 59.2 Å². The summed E-state index contributed by atoms with van der Waals surface area (Å²) < 4.78 is 33.1. The van der Waals surface area contributed by atoms with Crippen molar-refractivity contribution in [3.8, 4) is 0 Å². The van der Waals surface area contributed by atoms with Gasteiger partial charge in [0.2, 0.25) is 0 Å². The third-order valence-electron chi connectivity index (χ3n) is 3.41. The van der Waals surface area contributed by atoms with E-state index in [4.69, 9.17) is 4.74 Å². The molecule has 1 rings (SSSR count). The van der Waals surface area contributed by atoms with Gasteiger partial charge in [0, 0.05) is 33.4 Å². The molecule has 7 heteroatoms. The Hall–Kier alpha value is -0.210. The van der Waals surface area contributed by atoms with Crippen LogP contribution in [-0.2, 0) is 14.9 Å². The summed E-state index contributed by atoms with van der Waals surface area (Å²) in [6, 6.07) is 0. The molecule has 0 spiro atoms. The van der Waals surface area contributed by atoms with Gasteiger partial charge in [-0.2, -0.15) is 12.7 Å². The maximum absolute atomic E-state index is 12.0. The van der Waals surface area contributed by atoms with Crippen LogP contribution in [0.25, 0.3) is 0 Å². The van der Waals surface area contributed by atoms with Crippen LogP contribution in [0.4, 0.5) is 0 Å². The van der Waals surface area contributed by atoms with E-state index in [1.165, 1.54) is 0 Å². The number of rotatable bonds is 9. The van der Waals surface area contributed by atoms with Crippen molar-refractivity contribution in [1.82, 2.24) is 14.3 Å². The lowest BCUT2D eigenvalue weighted by molar-refractivity contribution is 0.195. The lowest BCUT2D eigenvalue weighted by Gasteiger charge is -2.31. The Labute approximate surface area is 117 Å². The highest BCUT2D eigenvalue weighted by Gasteiger charge is 2.27. The predicted molar refractivity (Wildman–Crippen MR) is 76.3 cm³/mol.